The SMILES string of the molecule is Nc1cc(S(=O)(=O)NC2CCS(=O)(=O)C2)ccc1Br. The molecule has 1 unspecified atom stereocenters. The summed E-state index contributed by atoms with van der Waals surface area (Å²) >= 11 is 3.18. The molecule has 0 saturated carbocycles. The van der Waals surface area contributed by atoms with Gasteiger partial charge in [0.15, 0.2) is 9.84 Å². The number of anilines is 1. The molecule has 0 amide bonds. The van der Waals surface area contributed by atoms with Crippen LogP contribution in [-0.4, -0.2) is 34.4 Å². The van der Waals surface area contributed by atoms with Gasteiger partial charge in [0, 0.05) is 16.2 Å². The Kier molecular flexibility index (Phi) is 3.92. The minimum atomic E-state index is -3.75. The van der Waals surface area contributed by atoms with Gasteiger partial charge in [-0.3, -0.25) is 0 Å². The fraction of sp³-hybridized carbons (Fsp3) is 0.400. The lowest BCUT2D eigenvalue weighted by molar-refractivity contribution is 0.562. The smallest absolute Gasteiger partial charge is 0.240 e. The van der Waals surface area contributed by atoms with Gasteiger partial charge >= 0.3 is 0 Å². The summed E-state index contributed by atoms with van der Waals surface area (Å²) in [4.78, 5) is 0.0255. The van der Waals surface area contributed by atoms with E-state index >= 15 is 0 Å². The van der Waals surface area contributed by atoms with E-state index in [9.17, 15) is 16.8 Å². The van der Waals surface area contributed by atoms with Crippen LogP contribution in [0.3, 0.4) is 0 Å². The van der Waals surface area contributed by atoms with Gasteiger partial charge in [-0.05, 0) is 40.5 Å². The van der Waals surface area contributed by atoms with Gasteiger partial charge in [0.05, 0.1) is 16.4 Å². The van der Waals surface area contributed by atoms with E-state index in [2.05, 4.69) is 20.7 Å². The zero-order chi connectivity index (χ0) is 14.3. The normalized spacial score (nSPS) is 22.5. The summed E-state index contributed by atoms with van der Waals surface area (Å²) < 4.78 is 49.8. The van der Waals surface area contributed by atoms with Gasteiger partial charge in [0.2, 0.25) is 10.0 Å². The number of benzene rings is 1. The molecule has 1 aromatic rings. The summed E-state index contributed by atoms with van der Waals surface area (Å²) in [5.74, 6) is -0.138. The number of nitrogens with one attached hydrogen (secondary N) is 1. The molecule has 0 aliphatic carbocycles. The van der Waals surface area contributed by atoms with E-state index in [0.717, 1.165) is 0 Å². The van der Waals surface area contributed by atoms with Crippen LogP contribution >= 0.6 is 15.9 Å². The maximum atomic E-state index is 12.1. The topological polar surface area (TPSA) is 106 Å². The molecule has 9 heteroatoms. The van der Waals surface area contributed by atoms with Gasteiger partial charge in [-0.15, -0.1) is 0 Å². The molecule has 0 aromatic heterocycles. The molecule has 1 atom stereocenters. The van der Waals surface area contributed by atoms with Crippen molar-refractivity contribution in [1.82, 2.24) is 4.72 Å². The van der Waals surface area contributed by atoms with Crippen LogP contribution in [0, 0.1) is 0 Å². The van der Waals surface area contributed by atoms with Crippen LogP contribution in [-0.2, 0) is 19.9 Å². The van der Waals surface area contributed by atoms with E-state index in [-0.39, 0.29) is 16.4 Å². The Balaban J connectivity index is 2.21. The standard InChI is InChI=1S/C10H13BrN2O4S2/c11-9-2-1-8(5-10(9)12)19(16,17)13-7-3-4-18(14,15)6-7/h1-2,5,7,13H,3-4,6,12H2. The monoisotopic (exact) mass is 368 g/mol. The molecule has 1 saturated heterocycles. The molecule has 106 valence electrons. The summed E-state index contributed by atoms with van der Waals surface area (Å²) in [5.41, 5.74) is 5.94. The van der Waals surface area contributed by atoms with E-state index < -0.39 is 25.9 Å². The molecule has 1 aromatic carbocycles. The highest BCUT2D eigenvalue weighted by molar-refractivity contribution is 9.10. The van der Waals surface area contributed by atoms with E-state index in [1.54, 1.807) is 0 Å². The summed E-state index contributed by atoms with van der Waals surface area (Å²) in [5, 5.41) is 0. The third kappa shape index (κ3) is 3.47. The number of rotatable bonds is 3. The Morgan fingerprint density at radius 2 is 2.05 bits per heavy atom. The Bertz CT molecular complexity index is 700. The molecule has 1 fully saturated rings. The molecule has 0 bridgehead atoms. The molecule has 3 N–H and O–H groups in total. The molecule has 19 heavy (non-hydrogen) atoms. The van der Waals surface area contributed by atoms with Gasteiger partial charge in [-0.25, -0.2) is 21.6 Å². The Labute approximate surface area is 120 Å². The van der Waals surface area contributed by atoms with Crippen LogP contribution in [0.5, 0.6) is 0 Å². The second-order valence-electron chi connectivity index (χ2n) is 4.40. The first-order chi connectivity index (χ1) is 8.70. The maximum Gasteiger partial charge on any atom is 0.240 e. The highest BCUT2D eigenvalue weighted by Crippen LogP contribution is 2.23. The summed E-state index contributed by atoms with van der Waals surface area (Å²) in [6, 6.07) is 3.71. The van der Waals surface area contributed by atoms with Crippen LogP contribution in [0.15, 0.2) is 27.6 Å². The summed E-state index contributed by atoms with van der Waals surface area (Å²) in [6.07, 6.45) is 0.299. The lowest BCUT2D eigenvalue weighted by Gasteiger charge is -2.12. The number of sulfonamides is 1. The number of nitrogens with two attached hydrogens (primary N) is 1. The van der Waals surface area contributed by atoms with Crippen molar-refractivity contribution in [3.8, 4) is 0 Å². The first kappa shape index (κ1) is 14.8. The quantitative estimate of drug-likeness (QED) is 0.755. The maximum absolute atomic E-state index is 12.1. The first-order valence-electron chi connectivity index (χ1n) is 5.47. The molecule has 6 nitrogen and oxygen atoms in total. The van der Waals surface area contributed by atoms with Crippen molar-refractivity contribution in [2.45, 2.75) is 17.4 Å². The fourth-order valence-corrected chi connectivity index (χ4v) is 5.20. The molecule has 1 aliphatic rings. The highest BCUT2D eigenvalue weighted by atomic mass is 79.9. The van der Waals surface area contributed by atoms with Crippen molar-refractivity contribution in [1.29, 1.82) is 0 Å². The summed E-state index contributed by atoms with van der Waals surface area (Å²) in [7, 11) is -6.87. The van der Waals surface area contributed by atoms with Crippen molar-refractivity contribution < 1.29 is 16.8 Å². The largest absolute Gasteiger partial charge is 0.398 e. The third-order valence-corrected chi connectivity index (χ3v) is 6.84. The Hall–Kier alpha value is -0.640. The van der Waals surface area contributed by atoms with Gasteiger partial charge < -0.3 is 5.73 Å². The fourth-order valence-electron chi connectivity index (χ4n) is 1.86. The molecular formula is C10H13BrN2O4S2. The van der Waals surface area contributed by atoms with Crippen LogP contribution < -0.4 is 10.5 Å². The minimum absolute atomic E-state index is 0.0165. The van der Waals surface area contributed by atoms with Crippen LogP contribution in [0.4, 0.5) is 5.69 Å². The van der Waals surface area contributed by atoms with E-state index in [1.165, 1.54) is 18.2 Å². The average Bonchev–Trinajstić information content (AvgIpc) is 2.61. The predicted octanol–water partition coefficient (Wildman–Crippen LogP) is 0.497. The van der Waals surface area contributed by atoms with E-state index in [4.69, 9.17) is 5.73 Å². The zero-order valence-corrected chi connectivity index (χ0v) is 13.1. The zero-order valence-electron chi connectivity index (χ0n) is 9.84. The lowest BCUT2D eigenvalue weighted by atomic mass is 10.3. The first-order valence-corrected chi connectivity index (χ1v) is 9.57. The van der Waals surface area contributed by atoms with Gasteiger partial charge in [0.1, 0.15) is 0 Å². The van der Waals surface area contributed by atoms with Gasteiger partial charge in [0.25, 0.3) is 0 Å². The molecule has 1 heterocycles. The molecule has 0 radical (unpaired) electrons. The second kappa shape index (κ2) is 5.04. The number of halogens is 1. The highest BCUT2D eigenvalue weighted by Gasteiger charge is 2.31. The van der Waals surface area contributed by atoms with Crippen LogP contribution in [0.2, 0.25) is 0 Å². The second-order valence-corrected chi connectivity index (χ2v) is 9.20. The summed E-state index contributed by atoms with van der Waals surface area (Å²) in [6.45, 7) is 0. The molecular weight excluding hydrogens is 356 g/mol. The Morgan fingerprint density at radius 3 is 2.58 bits per heavy atom. The number of hydrogen-bond donors (Lipinski definition) is 2. The van der Waals surface area contributed by atoms with Gasteiger partial charge in [-0.1, -0.05) is 0 Å². The number of hydrogen-bond acceptors (Lipinski definition) is 5. The third-order valence-electron chi connectivity index (χ3n) is 2.83. The number of nitrogen functional groups attached to an aromatic ring is 1. The van der Waals surface area contributed by atoms with Crippen molar-refractivity contribution in [2.75, 3.05) is 17.2 Å². The van der Waals surface area contributed by atoms with Gasteiger partial charge in [-0.2, -0.15) is 0 Å². The minimum Gasteiger partial charge on any atom is -0.398 e. The number of sulfone groups is 1. The van der Waals surface area contributed by atoms with Crippen molar-refractivity contribution in [2.24, 2.45) is 0 Å². The predicted molar refractivity (Wildman–Crippen MR) is 75.9 cm³/mol. The average molecular weight is 369 g/mol. The van der Waals surface area contributed by atoms with E-state index in [1.807, 2.05) is 0 Å². The van der Waals surface area contributed by atoms with Crippen LogP contribution in [0.25, 0.3) is 0 Å². The molecule has 0 spiro atoms. The van der Waals surface area contributed by atoms with Crippen molar-refractivity contribution >= 4 is 41.5 Å². The lowest BCUT2D eigenvalue weighted by Crippen LogP contribution is -2.35. The molecule has 2 rings (SSSR count). The molecule has 1 aliphatic heterocycles. The van der Waals surface area contributed by atoms with Crippen molar-refractivity contribution in [3.05, 3.63) is 22.7 Å². The van der Waals surface area contributed by atoms with E-state index in [0.29, 0.717) is 16.6 Å². The van der Waals surface area contributed by atoms with Crippen LogP contribution in [0.1, 0.15) is 6.42 Å². The Morgan fingerprint density at radius 1 is 1.37 bits per heavy atom. The van der Waals surface area contributed by atoms with Crippen molar-refractivity contribution in [3.63, 3.8) is 0 Å².